The first-order chi connectivity index (χ1) is 2.41. The second-order valence-electron chi connectivity index (χ2n) is 0.364. The number of hydrogen-bond donors (Lipinski definition) is 1. The van der Waals surface area contributed by atoms with Crippen LogP contribution >= 0.6 is 24.4 Å². The molecule has 0 fully saturated rings. The fraction of sp³-hybridized carbons (Fsp3) is 0. The zero-order valence-corrected chi connectivity index (χ0v) is 4.03. The first-order valence-electron chi connectivity index (χ1n) is 0.979. The molecule has 0 saturated carbocycles. The molecule has 5 heavy (non-hydrogen) atoms. The van der Waals surface area contributed by atoms with E-state index < -0.39 is 0 Å². The Morgan fingerprint density at radius 1 is 1.80 bits per heavy atom. The predicted molar refractivity (Wildman–Crippen MR) is 29.4 cm³/mol. The molecule has 1 nitrogen and oxygen atoms in total. The molecule has 0 spiro atoms. The van der Waals surface area contributed by atoms with Crippen LogP contribution in [0.5, 0.6) is 0 Å². The van der Waals surface area contributed by atoms with Gasteiger partial charge in [0.1, 0.15) is 5.49 Å². The average Bonchev–Trinajstić information content (AvgIpc) is 1.41. The van der Waals surface area contributed by atoms with Crippen molar-refractivity contribution in [1.29, 1.82) is 0 Å². The lowest BCUT2D eigenvalue weighted by molar-refractivity contribution is 1.58. The highest BCUT2D eigenvalue weighted by Gasteiger charge is 1.51. The van der Waals surface area contributed by atoms with Crippen LogP contribution in [-0.4, -0.2) is 11.0 Å². The normalized spacial score (nSPS) is 5.60. The smallest absolute Gasteiger partial charge is 0.139 e. The van der Waals surface area contributed by atoms with Gasteiger partial charge in [-0.3, -0.25) is 0 Å². The van der Waals surface area contributed by atoms with Gasteiger partial charge in [-0.05, 0) is 0 Å². The summed E-state index contributed by atoms with van der Waals surface area (Å²) in [5.74, 6) is 0. The second kappa shape index (κ2) is 3.98. The molecule has 0 heterocycles. The zero-order valence-electron chi connectivity index (χ0n) is 2.39. The second-order valence-corrected chi connectivity index (χ2v) is 0.804. The molecule has 0 saturated heterocycles. The van der Waals surface area contributed by atoms with E-state index in [0.29, 0.717) is 0 Å². The summed E-state index contributed by atoms with van der Waals surface area (Å²) in [7, 11) is 0. The Labute approximate surface area is 41.4 Å². The maximum absolute atomic E-state index is 4.29. The summed E-state index contributed by atoms with van der Waals surface area (Å²) in [6.45, 7) is 0. The summed E-state index contributed by atoms with van der Waals surface area (Å²) in [5, 5.41) is 2.37. The standard InChI is InChI=1S/C2H2NS2/c4-1-3-2-5/h1H,(H,3,4,5). The first kappa shape index (κ1) is 4.98. The summed E-state index contributed by atoms with van der Waals surface area (Å²) in [4.78, 5) is 0. The molecule has 0 bridgehead atoms. The van der Waals surface area contributed by atoms with Crippen molar-refractivity contribution in [2.75, 3.05) is 0 Å². The van der Waals surface area contributed by atoms with E-state index in [1.165, 1.54) is 5.49 Å². The van der Waals surface area contributed by atoms with Crippen LogP contribution in [0, 0.1) is 0 Å². The lowest BCUT2D eigenvalue weighted by Gasteiger charge is -1.69. The summed E-state index contributed by atoms with van der Waals surface area (Å²) in [6.07, 6.45) is 0. The molecular formula is C2H2NS2. The van der Waals surface area contributed by atoms with E-state index >= 15 is 0 Å². The Hall–Kier alpha value is -0.0200. The van der Waals surface area contributed by atoms with Crippen molar-refractivity contribution in [2.45, 2.75) is 0 Å². The Balaban J connectivity index is 2.65. The summed E-state index contributed by atoms with van der Waals surface area (Å²) in [5.41, 5.74) is 3.49. The molecule has 0 amide bonds. The number of nitrogens with one attached hydrogen (secondary N) is 1. The molecule has 0 aliphatic carbocycles. The number of hydrogen-bond acceptors (Lipinski definition) is 2. The minimum absolute atomic E-state index is 1.30. The fourth-order valence-corrected chi connectivity index (χ4v) is 0.217. The quantitative estimate of drug-likeness (QED) is 0.401. The molecule has 3 heteroatoms. The van der Waals surface area contributed by atoms with Crippen LogP contribution in [0.25, 0.3) is 0 Å². The van der Waals surface area contributed by atoms with Crippen LogP contribution in [0.4, 0.5) is 0 Å². The van der Waals surface area contributed by atoms with Crippen molar-refractivity contribution >= 4 is 35.4 Å². The van der Waals surface area contributed by atoms with Crippen LogP contribution in [0.3, 0.4) is 0 Å². The van der Waals surface area contributed by atoms with E-state index in [1.54, 1.807) is 0 Å². The highest BCUT2D eigenvalue weighted by atomic mass is 32.1. The third-order valence-corrected chi connectivity index (χ3v) is 0.354. The van der Waals surface area contributed by atoms with Gasteiger partial charge >= 0.3 is 0 Å². The van der Waals surface area contributed by atoms with Gasteiger partial charge in [-0.15, -0.1) is 0 Å². The highest BCUT2D eigenvalue weighted by molar-refractivity contribution is 7.80. The van der Waals surface area contributed by atoms with Crippen molar-refractivity contribution in [3.8, 4) is 0 Å². The van der Waals surface area contributed by atoms with E-state index in [1.807, 2.05) is 0 Å². The van der Waals surface area contributed by atoms with Gasteiger partial charge in [0, 0.05) is 0 Å². The third kappa shape index (κ3) is 3.98. The van der Waals surface area contributed by atoms with E-state index in [0.717, 1.165) is 0 Å². The van der Waals surface area contributed by atoms with Gasteiger partial charge in [0.05, 0.1) is 5.49 Å². The van der Waals surface area contributed by atoms with Gasteiger partial charge in [0.15, 0.2) is 0 Å². The minimum atomic E-state index is 1.30. The van der Waals surface area contributed by atoms with Gasteiger partial charge in [0.25, 0.3) is 0 Å². The Morgan fingerprint density at radius 3 is 2.40 bits per heavy atom. The Morgan fingerprint density at radius 2 is 2.40 bits per heavy atom. The SMILES string of the molecule is S=[C]NC=S. The third-order valence-electron chi connectivity index (χ3n) is 0.118. The van der Waals surface area contributed by atoms with E-state index in [-0.39, 0.29) is 0 Å². The van der Waals surface area contributed by atoms with Crippen LogP contribution in [-0.2, 0) is 0 Å². The molecular weight excluding hydrogens is 102 g/mol. The zero-order chi connectivity index (χ0) is 4.12. The van der Waals surface area contributed by atoms with Crippen LogP contribution in [0.15, 0.2) is 0 Å². The van der Waals surface area contributed by atoms with Crippen molar-refractivity contribution in [3.63, 3.8) is 0 Å². The van der Waals surface area contributed by atoms with Crippen LogP contribution < -0.4 is 5.32 Å². The molecule has 0 atom stereocenters. The van der Waals surface area contributed by atoms with Gasteiger partial charge in [-0.25, -0.2) is 0 Å². The van der Waals surface area contributed by atoms with E-state index in [4.69, 9.17) is 0 Å². The molecule has 27 valence electrons. The predicted octanol–water partition coefficient (Wildman–Crippen LogP) is 0.367. The van der Waals surface area contributed by atoms with Gasteiger partial charge < -0.3 is 5.32 Å². The maximum Gasteiger partial charge on any atom is 0.139 e. The molecule has 0 aliphatic heterocycles. The lowest BCUT2D eigenvalue weighted by Crippen LogP contribution is -2.01. The van der Waals surface area contributed by atoms with Crippen molar-refractivity contribution < 1.29 is 0 Å². The molecule has 0 aliphatic rings. The first-order valence-corrected chi connectivity index (χ1v) is 1.86. The van der Waals surface area contributed by atoms with Crippen molar-refractivity contribution in [2.24, 2.45) is 0 Å². The van der Waals surface area contributed by atoms with Crippen molar-refractivity contribution in [3.05, 3.63) is 0 Å². The summed E-state index contributed by atoms with van der Waals surface area (Å²) in [6, 6.07) is 0. The molecule has 0 aromatic carbocycles. The van der Waals surface area contributed by atoms with E-state index in [9.17, 15) is 0 Å². The summed E-state index contributed by atoms with van der Waals surface area (Å²) >= 11 is 8.48. The maximum atomic E-state index is 4.29. The lowest BCUT2D eigenvalue weighted by atomic mass is 11.3. The molecule has 0 rings (SSSR count). The number of rotatable bonds is 2. The molecule has 0 unspecified atom stereocenters. The average molecular weight is 104 g/mol. The van der Waals surface area contributed by atoms with Crippen molar-refractivity contribution in [1.82, 2.24) is 5.32 Å². The topological polar surface area (TPSA) is 12.0 Å². The fourth-order valence-electron chi connectivity index (χ4n) is 0.0241. The molecule has 0 aromatic rings. The Kier molecular flexibility index (Phi) is 3.96. The van der Waals surface area contributed by atoms with Crippen LogP contribution in [0.2, 0.25) is 0 Å². The van der Waals surface area contributed by atoms with Gasteiger partial charge in [-0.1, -0.05) is 24.4 Å². The Bertz CT molecular complexity index is 36.9. The monoisotopic (exact) mass is 104 g/mol. The largest absolute Gasteiger partial charge is 0.341 e. The summed E-state index contributed by atoms with van der Waals surface area (Å²) < 4.78 is 0. The molecule has 0 aromatic heterocycles. The minimum Gasteiger partial charge on any atom is -0.341 e. The van der Waals surface area contributed by atoms with Gasteiger partial charge in [0.2, 0.25) is 0 Å². The molecule has 1 radical (unpaired) electrons. The molecule has 1 N–H and O–H groups in total. The highest BCUT2D eigenvalue weighted by Crippen LogP contribution is 1.37. The van der Waals surface area contributed by atoms with E-state index in [2.05, 4.69) is 35.2 Å². The van der Waals surface area contributed by atoms with Gasteiger partial charge in [-0.2, -0.15) is 0 Å². The number of thiocarbonyl (C=S) groups is 2. The van der Waals surface area contributed by atoms with Crippen LogP contribution in [0.1, 0.15) is 0 Å².